The third-order valence-corrected chi connectivity index (χ3v) is 8.34. The van der Waals surface area contributed by atoms with Crippen molar-refractivity contribution >= 4 is 39.7 Å². The molecule has 5 amide bonds. The van der Waals surface area contributed by atoms with Crippen LogP contribution in [0.5, 0.6) is 0 Å². The van der Waals surface area contributed by atoms with E-state index >= 15 is 0 Å². The molecule has 0 heterocycles. The first-order chi connectivity index (χ1) is 18.1. The zero-order valence-electron chi connectivity index (χ0n) is 25.2. The molecule has 38 heavy (non-hydrogen) atoms. The quantitative estimate of drug-likeness (QED) is 0.121. The van der Waals surface area contributed by atoms with Crippen molar-refractivity contribution in [2.75, 3.05) is 26.2 Å². The number of nitrogens with two attached hydrogens (primary N) is 1. The Hall–Kier alpha value is -1.64. The Bertz CT molecular complexity index is 622. The summed E-state index contributed by atoms with van der Waals surface area (Å²) in [4.78, 5) is 50.2. The molecule has 0 atom stereocenters. The molecular weight excluding hydrogens is 548 g/mol. The van der Waals surface area contributed by atoms with Crippen molar-refractivity contribution in [3.63, 3.8) is 0 Å². The average Bonchev–Trinajstić information content (AvgIpc) is 2.90. The number of hydrogen-bond acceptors (Lipinski definition) is 4. The van der Waals surface area contributed by atoms with E-state index in [0.29, 0.717) is 38.8 Å². The number of hydrogen-bond donors (Lipinski definition) is 2. The van der Waals surface area contributed by atoms with E-state index in [9.17, 15) is 19.2 Å². The first-order valence-electron chi connectivity index (χ1n) is 14.9. The van der Waals surface area contributed by atoms with Crippen molar-refractivity contribution < 1.29 is 19.2 Å². The van der Waals surface area contributed by atoms with Gasteiger partial charge in [0.1, 0.15) is 4.32 Å². The Morgan fingerprint density at radius 3 is 1.32 bits per heavy atom. The van der Waals surface area contributed by atoms with Crippen molar-refractivity contribution in [1.82, 2.24) is 15.1 Å². The lowest BCUT2D eigenvalue weighted by Gasteiger charge is -2.26. The molecule has 8 nitrogen and oxygen atoms in total. The number of urea groups is 1. The van der Waals surface area contributed by atoms with Gasteiger partial charge in [-0.05, 0) is 39.5 Å². The summed E-state index contributed by atoms with van der Waals surface area (Å²) in [5.41, 5.74) is 4.81. The fourth-order valence-corrected chi connectivity index (χ4v) is 4.13. The minimum absolute atomic E-state index is 0.243. The van der Waals surface area contributed by atoms with Crippen molar-refractivity contribution in [3.8, 4) is 0 Å². The zero-order chi connectivity index (χ0) is 29.4. The number of nitrogens with zero attached hydrogens (tertiary/aromatic N) is 2. The molecule has 0 saturated carbocycles. The third-order valence-electron chi connectivity index (χ3n) is 6.86. The molecule has 0 fully saturated rings. The lowest BCUT2D eigenvalue weighted by Crippen LogP contribution is -2.46. The maximum absolute atomic E-state index is 12.4. The second kappa shape index (κ2) is 24.4. The summed E-state index contributed by atoms with van der Waals surface area (Å²) in [6.07, 6.45) is 14.2. The van der Waals surface area contributed by atoms with Crippen molar-refractivity contribution in [3.05, 3.63) is 0 Å². The first-order valence-corrected chi connectivity index (χ1v) is 15.7. The van der Waals surface area contributed by atoms with Gasteiger partial charge in [0.05, 0.1) is 0 Å². The number of alkyl halides is 1. The highest BCUT2D eigenvalue weighted by molar-refractivity contribution is 9.10. The Labute approximate surface area is 241 Å². The number of nitrogens with one attached hydrogen (secondary N) is 1. The summed E-state index contributed by atoms with van der Waals surface area (Å²) in [5, 5.41) is 2.04. The second-order valence-corrected chi connectivity index (χ2v) is 11.3. The van der Waals surface area contributed by atoms with E-state index in [4.69, 9.17) is 5.73 Å². The van der Waals surface area contributed by atoms with Gasteiger partial charge in [-0.25, -0.2) is 4.79 Å². The highest BCUT2D eigenvalue weighted by atomic mass is 79.9. The number of unbranched alkanes of at least 4 members (excludes halogenated alkanes) is 8. The summed E-state index contributed by atoms with van der Waals surface area (Å²) >= 11 is 3.26. The van der Waals surface area contributed by atoms with Crippen LogP contribution in [-0.4, -0.2) is 64.1 Å². The molecule has 0 aliphatic heterocycles. The summed E-state index contributed by atoms with van der Waals surface area (Å²) < 4.78 is -0.665. The second-order valence-electron chi connectivity index (χ2n) is 9.77. The minimum Gasteiger partial charge on any atom is -0.351 e. The van der Waals surface area contributed by atoms with Crippen molar-refractivity contribution in [1.29, 1.82) is 0 Å². The molecule has 0 aromatic heterocycles. The molecular formula is C29H57BrN4O4. The summed E-state index contributed by atoms with van der Waals surface area (Å²) in [6.45, 7) is 15.0. The zero-order valence-corrected chi connectivity index (χ0v) is 26.8. The van der Waals surface area contributed by atoms with E-state index in [2.05, 4.69) is 29.8 Å². The Morgan fingerprint density at radius 1 is 0.658 bits per heavy atom. The van der Waals surface area contributed by atoms with Crippen LogP contribution < -0.4 is 11.1 Å². The van der Waals surface area contributed by atoms with Crippen LogP contribution in [0.1, 0.15) is 131 Å². The van der Waals surface area contributed by atoms with Crippen LogP contribution in [0.15, 0.2) is 0 Å². The van der Waals surface area contributed by atoms with Gasteiger partial charge in [-0.3, -0.25) is 19.7 Å². The van der Waals surface area contributed by atoms with Crippen molar-refractivity contribution in [2.24, 2.45) is 5.73 Å². The van der Waals surface area contributed by atoms with Gasteiger partial charge >= 0.3 is 6.03 Å². The standard InChI is InChI=1S/C22H44N2O2.C7H13BrN2O2/c1-5-9-11-13-15-17-21(25)23(7-3)19-20-24(8-4)22(26)18-16-14-12-10-6-2;1-3-7(8,4-2)5(11)10-6(9)12/h5-20H2,1-4H3;3-4H2,1-2H3,(H3,9,10,11,12). The van der Waals surface area contributed by atoms with E-state index in [1.165, 1.54) is 38.5 Å². The lowest BCUT2D eigenvalue weighted by atomic mass is 10.0. The monoisotopic (exact) mass is 604 g/mol. The number of primary amides is 1. The van der Waals surface area contributed by atoms with Crippen LogP contribution in [0.25, 0.3) is 0 Å². The number of carbonyl (C=O) groups excluding carboxylic acids is 4. The number of halogens is 1. The summed E-state index contributed by atoms with van der Waals surface area (Å²) in [6, 6.07) is -0.814. The summed E-state index contributed by atoms with van der Waals surface area (Å²) in [5.74, 6) is 0.110. The maximum Gasteiger partial charge on any atom is 0.318 e. The largest absolute Gasteiger partial charge is 0.351 e. The maximum atomic E-state index is 12.4. The van der Waals surface area contributed by atoms with Gasteiger partial charge in [0.2, 0.25) is 17.7 Å². The molecule has 0 rings (SSSR count). The van der Waals surface area contributed by atoms with Gasteiger partial charge in [0.25, 0.3) is 0 Å². The van der Waals surface area contributed by atoms with E-state index in [1.54, 1.807) is 0 Å². The molecule has 0 unspecified atom stereocenters. The number of rotatable bonds is 20. The van der Waals surface area contributed by atoms with E-state index in [-0.39, 0.29) is 17.7 Å². The SMILES string of the molecule is CCC(Br)(CC)C(=O)NC(N)=O.CCCCCCCC(=O)N(CC)CCN(CC)C(=O)CCCCCCC. The van der Waals surface area contributed by atoms with Crippen LogP contribution in [0.2, 0.25) is 0 Å². The highest BCUT2D eigenvalue weighted by Crippen LogP contribution is 2.26. The van der Waals surface area contributed by atoms with Gasteiger partial charge in [-0.1, -0.05) is 95.0 Å². The lowest BCUT2D eigenvalue weighted by molar-refractivity contribution is -0.135. The minimum atomic E-state index is -0.814. The Balaban J connectivity index is 0. The molecule has 0 spiro atoms. The van der Waals surface area contributed by atoms with Gasteiger partial charge < -0.3 is 15.5 Å². The van der Waals surface area contributed by atoms with Crippen LogP contribution >= 0.6 is 15.9 Å². The number of amides is 5. The number of likely N-dealkylation sites (N-methyl/N-ethyl adjacent to an activating group) is 2. The molecule has 224 valence electrons. The molecule has 3 N–H and O–H groups in total. The Morgan fingerprint density at radius 2 is 1.03 bits per heavy atom. The fraction of sp³-hybridized carbons (Fsp3) is 0.862. The molecule has 0 saturated heterocycles. The van der Waals surface area contributed by atoms with Crippen LogP contribution in [0.3, 0.4) is 0 Å². The molecule has 0 aromatic rings. The van der Waals surface area contributed by atoms with E-state index in [0.717, 1.165) is 38.8 Å². The average molecular weight is 606 g/mol. The molecule has 0 radical (unpaired) electrons. The van der Waals surface area contributed by atoms with Crippen LogP contribution in [0, 0.1) is 0 Å². The topological polar surface area (TPSA) is 113 Å². The van der Waals surface area contributed by atoms with Crippen molar-refractivity contribution in [2.45, 2.75) is 136 Å². The normalized spacial score (nSPS) is 10.8. The van der Waals surface area contributed by atoms with Crippen LogP contribution in [0.4, 0.5) is 4.79 Å². The molecule has 0 aromatic carbocycles. The van der Waals surface area contributed by atoms with E-state index in [1.807, 2.05) is 42.8 Å². The number of carbonyl (C=O) groups is 4. The van der Waals surface area contributed by atoms with Gasteiger partial charge in [-0.2, -0.15) is 0 Å². The fourth-order valence-electron chi connectivity index (χ4n) is 4.03. The predicted molar refractivity (Wildman–Crippen MR) is 161 cm³/mol. The van der Waals surface area contributed by atoms with E-state index < -0.39 is 10.4 Å². The summed E-state index contributed by atoms with van der Waals surface area (Å²) in [7, 11) is 0. The van der Waals surface area contributed by atoms with Gasteiger partial charge in [0, 0.05) is 39.0 Å². The number of imide groups is 1. The highest BCUT2D eigenvalue weighted by Gasteiger charge is 2.32. The first kappa shape index (κ1) is 38.5. The van der Waals surface area contributed by atoms with Gasteiger partial charge in [-0.15, -0.1) is 0 Å². The molecule has 9 heteroatoms. The molecule has 0 aliphatic carbocycles. The third kappa shape index (κ3) is 18.6. The van der Waals surface area contributed by atoms with Crippen LogP contribution in [-0.2, 0) is 14.4 Å². The molecule has 0 aliphatic rings. The molecule has 0 bridgehead atoms. The van der Waals surface area contributed by atoms with Gasteiger partial charge in [0.15, 0.2) is 0 Å². The predicted octanol–water partition coefficient (Wildman–Crippen LogP) is 6.54. The smallest absolute Gasteiger partial charge is 0.318 e. The Kier molecular flexibility index (Phi) is 24.7.